The second-order valence-electron chi connectivity index (χ2n) is 16.8. The molecule has 3 saturated heterocycles. The zero-order valence-electron chi connectivity index (χ0n) is 34.8. The number of hydrogen-bond acceptors (Lipinski definition) is 11. The predicted molar refractivity (Wildman–Crippen MR) is 225 cm³/mol. The Morgan fingerprint density at radius 2 is 1.82 bits per heavy atom. The van der Waals surface area contributed by atoms with Crippen molar-refractivity contribution in [2.24, 2.45) is 13.0 Å². The topological polar surface area (TPSA) is 169 Å². The smallest absolute Gasteiger partial charge is 0.329 e. The largest absolute Gasteiger partial charge is 0.375 e. The van der Waals surface area contributed by atoms with Gasteiger partial charge in [-0.05, 0) is 63.1 Å². The SMILES string of the molecule is C[C@H]1CN(c2ccn3ncc(C(=O)Nc4cn([C@H]5CC[C@H](CN6CCN(CC#Cc7cccc8c7n(C)c(=O)n8C7CCC(=O)NC7=O)CC6)CC5)nc4C(F)F)c3n2)CCO1. The number of carbonyl (C=O) groups is 3. The number of carbonyl (C=O) groups excluding carboxylic acids is 3. The molecule has 2 atom stereocenters. The minimum atomic E-state index is -2.87. The summed E-state index contributed by atoms with van der Waals surface area (Å²) in [6.45, 7) is 9.00. The normalized spacial score (nSPS) is 22.9. The van der Waals surface area contributed by atoms with E-state index in [0.717, 1.165) is 58.4 Å². The molecule has 1 unspecified atom stereocenters. The van der Waals surface area contributed by atoms with Crippen LogP contribution in [0.25, 0.3) is 16.7 Å². The average Bonchev–Trinajstić information content (AvgIpc) is 3.96. The van der Waals surface area contributed by atoms with Crippen LogP contribution in [0.4, 0.5) is 20.3 Å². The molecule has 9 rings (SSSR count). The van der Waals surface area contributed by atoms with Crippen LogP contribution < -0.4 is 21.2 Å². The maximum Gasteiger partial charge on any atom is 0.329 e. The number of ether oxygens (including phenoxy) is 1. The van der Waals surface area contributed by atoms with Gasteiger partial charge in [-0.3, -0.25) is 38.4 Å². The molecule has 3 aliphatic heterocycles. The Kier molecular flexibility index (Phi) is 11.6. The summed E-state index contributed by atoms with van der Waals surface area (Å²) in [5.41, 5.74) is 1.70. The summed E-state index contributed by atoms with van der Waals surface area (Å²) in [7, 11) is 1.67. The molecule has 4 aliphatic rings. The first kappa shape index (κ1) is 41.4. The van der Waals surface area contributed by atoms with Crippen LogP contribution in [0.15, 0.2) is 47.7 Å². The van der Waals surface area contributed by atoms with Crippen molar-refractivity contribution in [3.05, 3.63) is 70.2 Å². The molecular weight excluding hydrogens is 803 g/mol. The van der Waals surface area contributed by atoms with Gasteiger partial charge in [0.1, 0.15) is 17.4 Å². The lowest BCUT2D eigenvalue weighted by Crippen LogP contribution is -2.48. The van der Waals surface area contributed by atoms with E-state index in [1.54, 1.807) is 24.0 Å². The number of aromatic nitrogens is 7. The van der Waals surface area contributed by atoms with E-state index in [4.69, 9.17) is 9.72 Å². The highest BCUT2D eigenvalue weighted by Crippen LogP contribution is 2.36. The number of nitrogens with zero attached hydrogens (tertiary/aromatic N) is 10. The molecule has 4 fully saturated rings. The second-order valence-corrected chi connectivity index (χ2v) is 16.8. The van der Waals surface area contributed by atoms with E-state index in [1.165, 1.54) is 26.0 Å². The number of alkyl halides is 2. The van der Waals surface area contributed by atoms with Gasteiger partial charge in [-0.2, -0.15) is 10.2 Å². The number of imidazole rings is 1. The van der Waals surface area contributed by atoms with E-state index >= 15 is 0 Å². The fourth-order valence-corrected chi connectivity index (χ4v) is 9.36. The van der Waals surface area contributed by atoms with Crippen LogP contribution in [0.5, 0.6) is 0 Å². The summed E-state index contributed by atoms with van der Waals surface area (Å²) in [6.07, 6.45) is 5.78. The standard InChI is InChI=1S/C43H50F2N12O5/c1-27-24-54(21-22-62-27)35-14-16-55-40(48-35)31(23-46-55)41(59)47-32-26-56(50-37(32)39(44)45)30-10-8-28(9-11-30)25-53-19-17-52(18-20-53)15-4-6-29-5-3-7-33-38(29)51(2)43(61)57(33)34-12-13-36(58)49-42(34)60/h3,5,7,14,16,23,26-28,30,34,39H,8-13,15,17-22,24-25H2,1-2H3,(H,47,59)(H,49,58,60)/t27-,28-,30-,34?/m0/s1. The molecule has 1 saturated carbocycles. The first-order chi connectivity index (χ1) is 30.0. The maximum absolute atomic E-state index is 14.3. The van der Waals surface area contributed by atoms with Crippen LogP contribution in [0.1, 0.15) is 85.6 Å². The first-order valence-corrected chi connectivity index (χ1v) is 21.4. The van der Waals surface area contributed by atoms with E-state index < -0.39 is 30.0 Å². The fraction of sp³-hybridized carbons (Fsp3) is 0.512. The zero-order valence-corrected chi connectivity index (χ0v) is 34.8. The van der Waals surface area contributed by atoms with Crippen molar-refractivity contribution in [2.45, 2.75) is 70.1 Å². The predicted octanol–water partition coefficient (Wildman–Crippen LogP) is 3.37. The van der Waals surface area contributed by atoms with Crippen molar-refractivity contribution in [3.63, 3.8) is 0 Å². The molecule has 1 aromatic carbocycles. The maximum atomic E-state index is 14.3. The van der Waals surface area contributed by atoms with Gasteiger partial charge in [0.2, 0.25) is 11.8 Å². The molecular formula is C43H50F2N12O5. The molecule has 19 heteroatoms. The minimum absolute atomic E-state index is 0.0151. The van der Waals surface area contributed by atoms with Crippen LogP contribution in [-0.2, 0) is 21.4 Å². The van der Waals surface area contributed by atoms with Gasteiger partial charge >= 0.3 is 5.69 Å². The van der Waals surface area contributed by atoms with Crippen molar-refractivity contribution >= 4 is 45.9 Å². The van der Waals surface area contributed by atoms with Gasteiger partial charge in [-0.25, -0.2) is 23.1 Å². The summed E-state index contributed by atoms with van der Waals surface area (Å²) in [5, 5.41) is 13.6. The summed E-state index contributed by atoms with van der Waals surface area (Å²) in [5.74, 6) is 6.36. The van der Waals surface area contributed by atoms with E-state index in [0.29, 0.717) is 60.2 Å². The molecule has 326 valence electrons. The Labute approximate surface area is 356 Å². The third-order valence-electron chi connectivity index (χ3n) is 12.7. The fourth-order valence-electron chi connectivity index (χ4n) is 9.36. The van der Waals surface area contributed by atoms with Crippen LogP contribution in [0.2, 0.25) is 0 Å². The Balaban J connectivity index is 0.769. The summed E-state index contributed by atoms with van der Waals surface area (Å²) >= 11 is 0. The number of piperazine rings is 1. The van der Waals surface area contributed by atoms with Crippen molar-refractivity contribution < 1.29 is 27.9 Å². The molecule has 0 spiro atoms. The summed E-state index contributed by atoms with van der Waals surface area (Å²) < 4.78 is 40.3. The van der Waals surface area contributed by atoms with E-state index in [-0.39, 0.29) is 47.8 Å². The van der Waals surface area contributed by atoms with Gasteiger partial charge < -0.3 is 19.9 Å². The Bertz CT molecular complexity index is 2620. The second kappa shape index (κ2) is 17.4. The van der Waals surface area contributed by atoms with E-state index in [2.05, 4.69) is 47.4 Å². The lowest BCUT2D eigenvalue weighted by atomic mass is 9.85. The molecule has 2 N–H and O–H groups in total. The number of benzene rings is 1. The van der Waals surface area contributed by atoms with Gasteiger partial charge in [0.05, 0.1) is 53.8 Å². The lowest BCUT2D eigenvalue weighted by molar-refractivity contribution is -0.135. The number of piperidine rings is 1. The van der Waals surface area contributed by atoms with Gasteiger partial charge in [0.25, 0.3) is 12.3 Å². The number of amides is 3. The first-order valence-electron chi connectivity index (χ1n) is 21.4. The highest BCUT2D eigenvalue weighted by molar-refractivity contribution is 6.08. The van der Waals surface area contributed by atoms with Crippen molar-refractivity contribution in [1.29, 1.82) is 0 Å². The zero-order chi connectivity index (χ0) is 43.1. The van der Waals surface area contributed by atoms with Crippen LogP contribution >= 0.6 is 0 Å². The molecule has 5 aromatic rings. The lowest BCUT2D eigenvalue weighted by Gasteiger charge is -2.37. The van der Waals surface area contributed by atoms with Crippen molar-refractivity contribution in [2.75, 3.05) is 69.2 Å². The van der Waals surface area contributed by atoms with Crippen LogP contribution in [0.3, 0.4) is 0 Å². The quantitative estimate of drug-likeness (QED) is 0.165. The number of anilines is 2. The van der Waals surface area contributed by atoms with Gasteiger partial charge in [0.15, 0.2) is 11.3 Å². The third-order valence-corrected chi connectivity index (χ3v) is 12.7. The van der Waals surface area contributed by atoms with Crippen LogP contribution in [-0.4, -0.2) is 126 Å². The number of para-hydroxylation sites is 1. The molecule has 62 heavy (non-hydrogen) atoms. The highest BCUT2D eigenvalue weighted by atomic mass is 19.3. The van der Waals surface area contributed by atoms with Crippen molar-refractivity contribution in [3.8, 4) is 11.8 Å². The Morgan fingerprint density at radius 3 is 2.58 bits per heavy atom. The molecule has 4 aromatic heterocycles. The number of imide groups is 1. The molecule has 0 bridgehead atoms. The summed E-state index contributed by atoms with van der Waals surface area (Å²) in [6, 6.07) is 6.55. The number of rotatable bonds is 9. The monoisotopic (exact) mass is 852 g/mol. The molecule has 7 heterocycles. The molecule has 1 aliphatic carbocycles. The number of morpholine rings is 1. The Morgan fingerprint density at radius 1 is 1.03 bits per heavy atom. The Hall–Kier alpha value is -5.97. The van der Waals surface area contributed by atoms with Gasteiger partial charge in [0, 0.05) is 71.7 Å². The number of hydrogen-bond donors (Lipinski definition) is 2. The van der Waals surface area contributed by atoms with Gasteiger partial charge in [-0.15, -0.1) is 0 Å². The number of halogens is 2. The molecule has 3 amide bonds. The number of fused-ring (bicyclic) bond motifs is 2. The number of nitrogens with one attached hydrogen (secondary N) is 2. The van der Waals surface area contributed by atoms with Gasteiger partial charge in [-0.1, -0.05) is 17.9 Å². The summed E-state index contributed by atoms with van der Waals surface area (Å²) in [4.78, 5) is 62.7. The molecule has 0 radical (unpaired) electrons. The average molecular weight is 853 g/mol. The van der Waals surface area contributed by atoms with Crippen molar-refractivity contribution in [1.82, 2.24) is 48.6 Å². The molecule has 17 nitrogen and oxygen atoms in total. The number of aryl methyl sites for hydroxylation is 1. The van der Waals surface area contributed by atoms with E-state index in [9.17, 15) is 28.0 Å². The third kappa shape index (κ3) is 8.33. The van der Waals surface area contributed by atoms with E-state index in [1.807, 2.05) is 25.1 Å². The van der Waals surface area contributed by atoms with Crippen LogP contribution in [0, 0.1) is 17.8 Å². The minimum Gasteiger partial charge on any atom is -0.375 e. The highest BCUT2D eigenvalue weighted by Gasteiger charge is 2.32.